The van der Waals surface area contributed by atoms with E-state index in [2.05, 4.69) is 24.4 Å². The number of hydrogen-bond acceptors (Lipinski definition) is 6. The number of carbonyl (C=O) groups excluding carboxylic acids is 1. The van der Waals surface area contributed by atoms with Crippen LogP contribution in [0.3, 0.4) is 0 Å². The zero-order valence-electron chi connectivity index (χ0n) is 19.8. The first-order valence-corrected chi connectivity index (χ1v) is 13.7. The monoisotopic (exact) mass is 544 g/mol. The summed E-state index contributed by atoms with van der Waals surface area (Å²) in [4.78, 5) is 19.0. The van der Waals surface area contributed by atoms with E-state index in [1.54, 1.807) is 34.8 Å². The van der Waals surface area contributed by atoms with E-state index in [-0.39, 0.29) is 12.7 Å². The van der Waals surface area contributed by atoms with E-state index in [1.165, 1.54) is 6.08 Å². The minimum absolute atomic E-state index is 0.224. The summed E-state index contributed by atoms with van der Waals surface area (Å²) in [6, 6.07) is 21.5. The second kappa shape index (κ2) is 10.0. The lowest BCUT2D eigenvalue weighted by atomic mass is 10.1. The van der Waals surface area contributed by atoms with Crippen molar-refractivity contribution in [1.82, 2.24) is 4.98 Å². The highest BCUT2D eigenvalue weighted by Crippen LogP contribution is 2.44. The van der Waals surface area contributed by atoms with Crippen molar-refractivity contribution in [3.63, 3.8) is 0 Å². The van der Waals surface area contributed by atoms with E-state index in [1.807, 2.05) is 48.5 Å². The molecular formula is C29H21ClN2O3S2. The molecule has 1 amide bonds. The van der Waals surface area contributed by atoms with Crippen molar-refractivity contribution in [2.24, 2.45) is 0 Å². The molecule has 3 heterocycles. The number of thiophene rings is 1. The quantitative estimate of drug-likeness (QED) is 0.220. The first-order valence-electron chi connectivity index (χ1n) is 11.7. The van der Waals surface area contributed by atoms with Crippen molar-refractivity contribution >= 4 is 61.5 Å². The van der Waals surface area contributed by atoms with Crippen molar-refractivity contribution in [3.05, 3.63) is 99.4 Å². The summed E-state index contributed by atoms with van der Waals surface area (Å²) in [6.07, 6.45) is 3.94. The third-order valence-corrected chi connectivity index (χ3v) is 8.72. The zero-order valence-corrected chi connectivity index (χ0v) is 22.2. The summed E-state index contributed by atoms with van der Waals surface area (Å²) in [5, 5.41) is 5.37. The van der Waals surface area contributed by atoms with Crippen LogP contribution in [-0.4, -0.2) is 17.7 Å². The SMILES string of the molecule is Cc1c(Cc2ccc3c(c2)OCO3)sc(NC(=O)/C=C\c2ccccc2Cl)c1-c1nc2ccccc2s1. The Morgan fingerprint density at radius 1 is 1.05 bits per heavy atom. The van der Waals surface area contributed by atoms with Crippen LogP contribution in [0.2, 0.25) is 5.02 Å². The van der Waals surface area contributed by atoms with Gasteiger partial charge in [0.05, 0.1) is 10.2 Å². The molecule has 0 atom stereocenters. The minimum atomic E-state index is -0.224. The van der Waals surface area contributed by atoms with Crippen LogP contribution in [0.25, 0.3) is 26.9 Å². The van der Waals surface area contributed by atoms with E-state index in [0.717, 1.165) is 58.9 Å². The third kappa shape index (κ3) is 4.85. The number of thiazole rings is 1. The molecule has 5 aromatic rings. The van der Waals surface area contributed by atoms with Crippen molar-refractivity contribution in [1.29, 1.82) is 0 Å². The minimum Gasteiger partial charge on any atom is -0.454 e. The number of aromatic nitrogens is 1. The average Bonchev–Trinajstić information content (AvgIpc) is 3.60. The van der Waals surface area contributed by atoms with Crippen LogP contribution in [0.1, 0.15) is 21.6 Å². The van der Waals surface area contributed by atoms with Gasteiger partial charge in [-0.05, 0) is 60.0 Å². The molecule has 0 bridgehead atoms. The summed E-state index contributed by atoms with van der Waals surface area (Å²) in [6.45, 7) is 2.34. The highest BCUT2D eigenvalue weighted by atomic mass is 35.5. The van der Waals surface area contributed by atoms with Gasteiger partial charge in [-0.3, -0.25) is 4.79 Å². The van der Waals surface area contributed by atoms with Crippen LogP contribution in [0, 0.1) is 6.92 Å². The maximum atomic E-state index is 13.0. The number of nitrogens with zero attached hydrogens (tertiary/aromatic N) is 1. The smallest absolute Gasteiger partial charge is 0.249 e. The summed E-state index contributed by atoms with van der Waals surface area (Å²) in [5.74, 6) is 1.30. The van der Waals surface area contributed by atoms with Gasteiger partial charge in [-0.25, -0.2) is 4.98 Å². The van der Waals surface area contributed by atoms with Gasteiger partial charge in [0, 0.05) is 28.0 Å². The molecule has 1 aliphatic rings. The largest absolute Gasteiger partial charge is 0.454 e. The molecule has 0 fully saturated rings. The second-order valence-electron chi connectivity index (χ2n) is 8.55. The number of amides is 1. The Balaban J connectivity index is 1.35. The molecule has 184 valence electrons. The van der Waals surface area contributed by atoms with Gasteiger partial charge >= 0.3 is 0 Å². The Bertz CT molecular complexity index is 1640. The molecule has 1 N–H and O–H groups in total. The van der Waals surface area contributed by atoms with E-state index in [0.29, 0.717) is 11.4 Å². The fourth-order valence-electron chi connectivity index (χ4n) is 4.22. The summed E-state index contributed by atoms with van der Waals surface area (Å²) in [5.41, 5.74) is 4.91. The third-order valence-electron chi connectivity index (χ3n) is 6.11. The highest BCUT2D eigenvalue weighted by molar-refractivity contribution is 7.23. The normalized spacial score (nSPS) is 12.5. The van der Waals surface area contributed by atoms with E-state index in [9.17, 15) is 4.79 Å². The molecule has 0 unspecified atom stereocenters. The summed E-state index contributed by atoms with van der Waals surface area (Å²) >= 11 is 9.44. The molecule has 37 heavy (non-hydrogen) atoms. The van der Waals surface area contributed by atoms with Crippen LogP contribution in [0.15, 0.2) is 72.8 Å². The maximum absolute atomic E-state index is 13.0. The Morgan fingerprint density at radius 2 is 1.86 bits per heavy atom. The van der Waals surface area contributed by atoms with Gasteiger partial charge in [-0.2, -0.15) is 0 Å². The average molecular weight is 545 g/mol. The lowest BCUT2D eigenvalue weighted by Gasteiger charge is -2.04. The number of ether oxygens (including phenoxy) is 2. The number of rotatable bonds is 6. The van der Waals surface area contributed by atoms with Crippen molar-refractivity contribution < 1.29 is 14.3 Å². The molecule has 6 rings (SSSR count). The lowest BCUT2D eigenvalue weighted by molar-refractivity contribution is -0.111. The van der Waals surface area contributed by atoms with Gasteiger partial charge in [0.25, 0.3) is 0 Å². The summed E-state index contributed by atoms with van der Waals surface area (Å²) < 4.78 is 12.1. The second-order valence-corrected chi connectivity index (χ2v) is 11.1. The molecule has 8 heteroatoms. The van der Waals surface area contributed by atoms with Gasteiger partial charge in [-0.1, -0.05) is 48.0 Å². The van der Waals surface area contributed by atoms with Crippen LogP contribution in [-0.2, 0) is 11.2 Å². The molecule has 0 saturated heterocycles. The Kier molecular flexibility index (Phi) is 6.42. The fourth-order valence-corrected chi connectivity index (χ4v) is 6.80. The van der Waals surface area contributed by atoms with Crippen LogP contribution >= 0.6 is 34.3 Å². The molecule has 0 aliphatic carbocycles. The Morgan fingerprint density at radius 3 is 2.73 bits per heavy atom. The van der Waals surface area contributed by atoms with Crippen LogP contribution < -0.4 is 14.8 Å². The number of anilines is 1. The number of carbonyl (C=O) groups is 1. The standard InChI is InChI=1S/C29H21ClN2O3S2/c1-17-25(15-18-10-12-22-23(14-18)35-16-34-22)37-29(27(17)28-31-21-8-4-5-9-24(21)36-28)32-26(33)13-11-19-6-2-3-7-20(19)30/h2-14H,15-16H2,1H3,(H,32,33)/b13-11-. The zero-order chi connectivity index (χ0) is 25.4. The molecular weight excluding hydrogens is 524 g/mol. The Hall–Kier alpha value is -3.65. The van der Waals surface area contributed by atoms with E-state index in [4.69, 9.17) is 26.1 Å². The predicted octanol–water partition coefficient (Wildman–Crippen LogP) is 7.96. The summed E-state index contributed by atoms with van der Waals surface area (Å²) in [7, 11) is 0. The molecule has 0 saturated carbocycles. The number of benzene rings is 3. The van der Waals surface area contributed by atoms with Crippen molar-refractivity contribution in [3.8, 4) is 22.1 Å². The molecule has 0 radical (unpaired) electrons. The molecule has 0 spiro atoms. The van der Waals surface area contributed by atoms with Gasteiger partial charge in [0.15, 0.2) is 11.5 Å². The molecule has 1 aliphatic heterocycles. The van der Waals surface area contributed by atoms with Gasteiger partial charge in [0.1, 0.15) is 10.0 Å². The number of nitrogens with one attached hydrogen (secondary N) is 1. The fraction of sp³-hybridized carbons (Fsp3) is 0.103. The number of fused-ring (bicyclic) bond motifs is 2. The van der Waals surface area contributed by atoms with Crippen LogP contribution in [0.5, 0.6) is 11.5 Å². The van der Waals surface area contributed by atoms with Gasteiger partial charge in [0.2, 0.25) is 12.7 Å². The lowest BCUT2D eigenvalue weighted by Crippen LogP contribution is -2.07. The Labute approximate surface area is 227 Å². The van der Waals surface area contributed by atoms with Crippen molar-refractivity contribution in [2.75, 3.05) is 12.1 Å². The van der Waals surface area contributed by atoms with Gasteiger partial charge < -0.3 is 14.8 Å². The topological polar surface area (TPSA) is 60.5 Å². The number of para-hydroxylation sites is 1. The maximum Gasteiger partial charge on any atom is 0.249 e. The number of hydrogen-bond donors (Lipinski definition) is 1. The van der Waals surface area contributed by atoms with E-state index >= 15 is 0 Å². The highest BCUT2D eigenvalue weighted by Gasteiger charge is 2.22. The van der Waals surface area contributed by atoms with Gasteiger partial charge in [-0.15, -0.1) is 22.7 Å². The molecule has 5 nitrogen and oxygen atoms in total. The molecule has 2 aromatic heterocycles. The van der Waals surface area contributed by atoms with E-state index < -0.39 is 0 Å². The number of halogens is 1. The first kappa shape index (κ1) is 23.7. The van der Waals surface area contributed by atoms with Crippen LogP contribution in [0.4, 0.5) is 5.00 Å². The first-order chi connectivity index (χ1) is 18.0. The predicted molar refractivity (Wildman–Crippen MR) is 152 cm³/mol. The molecule has 3 aromatic carbocycles. The van der Waals surface area contributed by atoms with Crippen molar-refractivity contribution in [2.45, 2.75) is 13.3 Å².